The van der Waals surface area contributed by atoms with Crippen molar-refractivity contribution in [3.63, 3.8) is 0 Å². The summed E-state index contributed by atoms with van der Waals surface area (Å²) in [5.74, 6) is 0.941. The van der Waals surface area contributed by atoms with Crippen molar-refractivity contribution in [1.82, 2.24) is 4.98 Å². The molecule has 7 nitrogen and oxygen atoms in total. The second-order valence-corrected chi connectivity index (χ2v) is 6.28. The Balaban J connectivity index is 0.000000324. The summed E-state index contributed by atoms with van der Waals surface area (Å²) >= 11 is 0. The van der Waals surface area contributed by atoms with Gasteiger partial charge in [-0.1, -0.05) is 18.2 Å². The summed E-state index contributed by atoms with van der Waals surface area (Å²) < 4.78 is 41.8. The summed E-state index contributed by atoms with van der Waals surface area (Å²) in [7, 11) is -4.94. The first-order chi connectivity index (χ1) is 11.9. The third-order valence-corrected chi connectivity index (χ3v) is 3.98. The molecule has 1 aliphatic rings. The van der Waals surface area contributed by atoms with Crippen molar-refractivity contribution in [3.05, 3.63) is 48.2 Å². The highest BCUT2D eigenvalue weighted by Crippen LogP contribution is 2.32. The maximum atomic E-state index is 8.49. The van der Waals surface area contributed by atoms with Crippen molar-refractivity contribution in [1.29, 1.82) is 0 Å². The molecule has 0 saturated carbocycles. The number of halogens is 1. The van der Waals surface area contributed by atoms with Crippen LogP contribution in [-0.4, -0.2) is 11.6 Å². The van der Waals surface area contributed by atoms with Gasteiger partial charge in [0, 0.05) is 23.4 Å². The molecule has 1 aromatic carbocycles. The van der Waals surface area contributed by atoms with Gasteiger partial charge in [-0.05, 0) is 24.6 Å². The topological polar surface area (TPSA) is 121 Å². The van der Waals surface area contributed by atoms with Gasteiger partial charge in [0.15, 0.2) is 12.3 Å². The number of hydrogen-bond acceptors (Lipinski definition) is 5. The number of aromatic amines is 1. The van der Waals surface area contributed by atoms with Crippen LogP contribution in [-0.2, 0) is 13.0 Å². The monoisotopic (exact) mass is 364 g/mol. The smallest absolute Gasteiger partial charge is 0.229 e. The maximum absolute atomic E-state index is 8.49. The first kappa shape index (κ1) is 17.7. The molecule has 25 heavy (non-hydrogen) atoms. The van der Waals surface area contributed by atoms with E-state index in [0.717, 1.165) is 18.7 Å². The van der Waals surface area contributed by atoms with E-state index in [9.17, 15) is 0 Å². The van der Waals surface area contributed by atoms with Crippen LogP contribution in [0.1, 0.15) is 12.5 Å². The highest BCUT2D eigenvalue weighted by Gasteiger charge is 2.26. The van der Waals surface area contributed by atoms with E-state index in [1.807, 2.05) is 6.92 Å². The summed E-state index contributed by atoms with van der Waals surface area (Å²) in [6.07, 6.45) is 3.17. The molecule has 0 aliphatic carbocycles. The molecule has 3 aromatic rings. The van der Waals surface area contributed by atoms with Crippen molar-refractivity contribution in [3.8, 4) is 17.1 Å². The van der Waals surface area contributed by atoms with Gasteiger partial charge in [-0.2, -0.15) is 4.57 Å². The van der Waals surface area contributed by atoms with Gasteiger partial charge < -0.3 is 9.72 Å². The van der Waals surface area contributed by atoms with E-state index < -0.39 is 10.2 Å². The molecule has 0 spiro atoms. The molecule has 0 radical (unpaired) electrons. The second-order valence-electron chi connectivity index (χ2n) is 5.53. The molecule has 0 fully saturated rings. The number of para-hydroxylation sites is 1. The minimum atomic E-state index is -4.94. The maximum Gasteiger partial charge on any atom is 0.229 e. The summed E-state index contributed by atoms with van der Waals surface area (Å²) in [5.41, 5.74) is 5.15. The van der Waals surface area contributed by atoms with E-state index in [1.165, 1.54) is 27.9 Å². The number of aromatic nitrogens is 2. The summed E-state index contributed by atoms with van der Waals surface area (Å²) in [4.78, 5) is 3.56. The SMILES string of the molecule is CCOc1ccc2[n+](c1)CCc1c-2[nH]c2ccccc12.[O-][Cl+3]([O-])([O-])[O-]. The number of H-pyrrole nitrogens is 1. The molecule has 0 bridgehead atoms. The van der Waals surface area contributed by atoms with Crippen LogP contribution in [0.5, 0.6) is 5.75 Å². The van der Waals surface area contributed by atoms with Crippen LogP contribution in [0.15, 0.2) is 42.6 Å². The van der Waals surface area contributed by atoms with Crippen LogP contribution in [0.2, 0.25) is 0 Å². The minimum Gasteiger partial charge on any atom is -0.488 e. The number of aryl methyl sites for hydroxylation is 2. The highest BCUT2D eigenvalue weighted by molar-refractivity contribution is 5.90. The van der Waals surface area contributed by atoms with Gasteiger partial charge in [-0.15, -0.1) is 10.2 Å². The Morgan fingerprint density at radius 1 is 1.12 bits per heavy atom. The Kier molecular flexibility index (Phi) is 4.94. The van der Waals surface area contributed by atoms with Crippen LogP contribution in [0.25, 0.3) is 22.3 Å². The molecule has 8 heteroatoms. The molecule has 2 aromatic heterocycles. The Morgan fingerprint density at radius 3 is 2.56 bits per heavy atom. The predicted octanol–water partition coefficient (Wildman–Crippen LogP) is -1.68. The standard InChI is InChI=1S/C17H16N2O.ClHO4/c1-2-20-12-7-8-16-17-14(9-10-19(16)11-12)13-5-3-4-6-15(13)18-17;2-1(3,4)5/h3-8,11H,2,9-10H2,1H3;(H,2,3,4,5). The lowest BCUT2D eigenvalue weighted by atomic mass is 10.0. The fourth-order valence-electron chi connectivity index (χ4n) is 3.10. The van der Waals surface area contributed by atoms with E-state index >= 15 is 0 Å². The summed E-state index contributed by atoms with van der Waals surface area (Å²) in [6, 6.07) is 12.7. The van der Waals surface area contributed by atoms with Crippen LogP contribution in [0.3, 0.4) is 0 Å². The minimum absolute atomic E-state index is 0.705. The molecular formula is C17H17ClN2O5. The molecule has 1 N–H and O–H groups in total. The van der Waals surface area contributed by atoms with Gasteiger partial charge in [0.1, 0.15) is 5.69 Å². The van der Waals surface area contributed by atoms with Crippen molar-refractivity contribution in [2.75, 3.05) is 6.61 Å². The molecular weight excluding hydrogens is 348 g/mol. The quantitative estimate of drug-likeness (QED) is 0.544. The average molecular weight is 365 g/mol. The van der Waals surface area contributed by atoms with Crippen molar-refractivity contribution in [2.24, 2.45) is 0 Å². The molecule has 0 saturated heterocycles. The molecule has 0 amide bonds. The largest absolute Gasteiger partial charge is 0.488 e. The fourth-order valence-corrected chi connectivity index (χ4v) is 3.10. The number of benzene rings is 1. The molecule has 4 rings (SSSR count). The van der Waals surface area contributed by atoms with E-state index in [4.69, 9.17) is 23.4 Å². The summed E-state index contributed by atoms with van der Waals surface area (Å²) in [6.45, 7) is 3.72. The van der Waals surface area contributed by atoms with Crippen molar-refractivity contribution < 1.29 is 38.2 Å². The van der Waals surface area contributed by atoms with E-state index in [-0.39, 0.29) is 0 Å². The number of fused-ring (bicyclic) bond motifs is 5. The van der Waals surface area contributed by atoms with Crippen LogP contribution in [0, 0.1) is 10.2 Å². The van der Waals surface area contributed by atoms with Gasteiger partial charge in [-0.25, -0.2) is 18.6 Å². The second kappa shape index (κ2) is 6.99. The zero-order chi connectivity index (χ0) is 18.0. The van der Waals surface area contributed by atoms with E-state index in [2.05, 4.69) is 52.1 Å². The Labute approximate surface area is 146 Å². The highest BCUT2D eigenvalue weighted by atomic mass is 35.7. The molecule has 0 unspecified atom stereocenters. The number of ether oxygens (including phenoxy) is 1. The van der Waals surface area contributed by atoms with Gasteiger partial charge >= 0.3 is 0 Å². The number of nitrogens with zero attached hydrogens (tertiary/aromatic N) is 1. The normalized spacial score (nSPS) is 12.8. The molecule has 0 atom stereocenters. The lowest BCUT2D eigenvalue weighted by Gasteiger charge is -2.17. The first-order valence-corrected chi connectivity index (χ1v) is 8.98. The Hall–Kier alpha value is -2.16. The fraction of sp³-hybridized carbons (Fsp3) is 0.235. The van der Waals surface area contributed by atoms with E-state index in [1.54, 1.807) is 0 Å². The zero-order valence-corrected chi connectivity index (χ0v) is 14.3. The number of rotatable bonds is 2. The van der Waals surface area contributed by atoms with E-state index in [0.29, 0.717) is 6.61 Å². The third-order valence-electron chi connectivity index (χ3n) is 3.98. The van der Waals surface area contributed by atoms with Gasteiger partial charge in [0.25, 0.3) is 0 Å². The van der Waals surface area contributed by atoms with Crippen LogP contribution in [0.4, 0.5) is 0 Å². The average Bonchev–Trinajstić information content (AvgIpc) is 2.92. The molecule has 132 valence electrons. The number of pyridine rings is 1. The number of nitrogens with one attached hydrogen (secondary N) is 1. The van der Waals surface area contributed by atoms with Gasteiger partial charge in [0.05, 0.1) is 6.61 Å². The van der Waals surface area contributed by atoms with Crippen molar-refractivity contribution in [2.45, 2.75) is 19.9 Å². The zero-order valence-electron chi connectivity index (χ0n) is 13.5. The third kappa shape index (κ3) is 4.09. The van der Waals surface area contributed by atoms with Crippen LogP contribution < -0.4 is 27.9 Å². The molecule has 1 aliphatic heterocycles. The lowest BCUT2D eigenvalue weighted by molar-refractivity contribution is -2.00. The number of hydrogen-bond donors (Lipinski definition) is 1. The van der Waals surface area contributed by atoms with Gasteiger partial charge in [-0.3, -0.25) is 0 Å². The predicted molar refractivity (Wildman–Crippen MR) is 78.8 cm³/mol. The Bertz CT molecular complexity index is 882. The Morgan fingerprint density at radius 2 is 1.84 bits per heavy atom. The van der Waals surface area contributed by atoms with Crippen LogP contribution >= 0.6 is 0 Å². The first-order valence-electron chi connectivity index (χ1n) is 7.75. The van der Waals surface area contributed by atoms with Gasteiger partial charge in [0.2, 0.25) is 11.9 Å². The lowest BCUT2D eigenvalue weighted by Crippen LogP contribution is -2.68. The van der Waals surface area contributed by atoms with Crippen molar-refractivity contribution >= 4 is 10.9 Å². The summed E-state index contributed by atoms with van der Waals surface area (Å²) in [5, 5.41) is 1.35. The molecule has 3 heterocycles.